The maximum absolute atomic E-state index is 11.2. The van der Waals surface area contributed by atoms with Crippen LogP contribution in [0, 0.1) is 0 Å². The maximum Gasteiger partial charge on any atom is 0.250 e. The first-order chi connectivity index (χ1) is 6.93. The van der Waals surface area contributed by atoms with Crippen molar-refractivity contribution >= 4 is 17.3 Å². The van der Waals surface area contributed by atoms with Crippen LogP contribution in [0.15, 0.2) is 18.2 Å². The molecule has 0 spiro atoms. The molecule has 1 aromatic rings. The van der Waals surface area contributed by atoms with Gasteiger partial charge in [0.2, 0.25) is 0 Å². The Morgan fingerprint density at radius 3 is 2.47 bits per heavy atom. The Kier molecular flexibility index (Phi) is 3.19. The Labute approximate surface area is 89.9 Å². The predicted molar refractivity (Wildman–Crippen MR) is 62.9 cm³/mol. The first-order valence-electron chi connectivity index (χ1n) is 4.85. The van der Waals surface area contributed by atoms with E-state index in [1.165, 1.54) is 0 Å². The van der Waals surface area contributed by atoms with E-state index >= 15 is 0 Å². The number of hydrogen-bond donors (Lipinski definition) is 2. The molecular formula is C11H17N3O. The van der Waals surface area contributed by atoms with Crippen molar-refractivity contribution in [1.82, 2.24) is 0 Å². The average molecular weight is 207 g/mol. The molecule has 0 aliphatic rings. The molecule has 0 saturated carbocycles. The van der Waals surface area contributed by atoms with Crippen molar-refractivity contribution in [3.63, 3.8) is 0 Å². The number of primary amides is 1. The molecule has 0 aliphatic carbocycles. The van der Waals surface area contributed by atoms with Crippen LogP contribution in [0.3, 0.4) is 0 Å². The molecule has 0 bridgehead atoms. The SMILES string of the molecule is CC(C)N(C)c1ccc(N)cc1C(N)=O. The Hall–Kier alpha value is -1.71. The van der Waals surface area contributed by atoms with Crippen LogP contribution in [0.5, 0.6) is 0 Å². The van der Waals surface area contributed by atoms with Crippen LogP contribution in [0.1, 0.15) is 24.2 Å². The second kappa shape index (κ2) is 4.21. The third kappa shape index (κ3) is 2.40. The van der Waals surface area contributed by atoms with Gasteiger partial charge < -0.3 is 16.4 Å². The molecule has 1 rings (SSSR count). The molecule has 82 valence electrons. The zero-order valence-electron chi connectivity index (χ0n) is 9.32. The van der Waals surface area contributed by atoms with Crippen molar-refractivity contribution in [3.8, 4) is 0 Å². The van der Waals surface area contributed by atoms with Gasteiger partial charge >= 0.3 is 0 Å². The predicted octanol–water partition coefficient (Wildman–Crippen LogP) is 1.21. The zero-order valence-corrected chi connectivity index (χ0v) is 9.32. The largest absolute Gasteiger partial charge is 0.399 e. The third-order valence-electron chi connectivity index (χ3n) is 2.44. The molecule has 0 aliphatic heterocycles. The highest BCUT2D eigenvalue weighted by Gasteiger charge is 2.13. The van der Waals surface area contributed by atoms with Crippen LogP contribution in [0.25, 0.3) is 0 Å². The molecule has 4 N–H and O–H groups in total. The van der Waals surface area contributed by atoms with Crippen molar-refractivity contribution in [2.75, 3.05) is 17.7 Å². The molecule has 4 nitrogen and oxygen atoms in total. The number of nitrogen functional groups attached to an aromatic ring is 1. The lowest BCUT2D eigenvalue weighted by Gasteiger charge is -2.25. The van der Waals surface area contributed by atoms with Crippen LogP contribution in [0.4, 0.5) is 11.4 Å². The highest BCUT2D eigenvalue weighted by Crippen LogP contribution is 2.23. The molecule has 0 aromatic heterocycles. The summed E-state index contributed by atoms with van der Waals surface area (Å²) in [6.07, 6.45) is 0. The quantitative estimate of drug-likeness (QED) is 0.732. The van der Waals surface area contributed by atoms with Gasteiger partial charge in [-0.3, -0.25) is 4.79 Å². The molecule has 0 fully saturated rings. The van der Waals surface area contributed by atoms with Crippen LogP contribution in [-0.4, -0.2) is 19.0 Å². The van der Waals surface area contributed by atoms with E-state index in [0.29, 0.717) is 17.3 Å². The number of carbonyl (C=O) groups is 1. The molecule has 0 radical (unpaired) electrons. The minimum absolute atomic E-state index is 0.298. The van der Waals surface area contributed by atoms with Crippen molar-refractivity contribution in [3.05, 3.63) is 23.8 Å². The van der Waals surface area contributed by atoms with Gasteiger partial charge in [0.15, 0.2) is 0 Å². The van der Waals surface area contributed by atoms with E-state index in [1.807, 2.05) is 31.9 Å². The average Bonchev–Trinajstić information content (AvgIpc) is 2.16. The number of nitrogens with two attached hydrogens (primary N) is 2. The van der Waals surface area contributed by atoms with Crippen LogP contribution < -0.4 is 16.4 Å². The molecule has 0 saturated heterocycles. The minimum atomic E-state index is -0.454. The van der Waals surface area contributed by atoms with E-state index in [-0.39, 0.29) is 0 Å². The van der Waals surface area contributed by atoms with Crippen molar-refractivity contribution < 1.29 is 4.79 Å². The van der Waals surface area contributed by atoms with Gasteiger partial charge in [-0.2, -0.15) is 0 Å². The van der Waals surface area contributed by atoms with Gasteiger partial charge in [-0.1, -0.05) is 0 Å². The van der Waals surface area contributed by atoms with Crippen LogP contribution >= 0.6 is 0 Å². The van der Waals surface area contributed by atoms with Gasteiger partial charge in [0, 0.05) is 24.5 Å². The fourth-order valence-corrected chi connectivity index (χ4v) is 1.34. The Bertz CT molecular complexity index is 374. The highest BCUT2D eigenvalue weighted by molar-refractivity contribution is 5.99. The normalized spacial score (nSPS) is 10.4. The van der Waals surface area contributed by atoms with Crippen molar-refractivity contribution in [1.29, 1.82) is 0 Å². The number of benzene rings is 1. The second-order valence-corrected chi connectivity index (χ2v) is 3.85. The van der Waals surface area contributed by atoms with Gasteiger partial charge in [0.25, 0.3) is 5.91 Å². The summed E-state index contributed by atoms with van der Waals surface area (Å²) in [6, 6.07) is 5.49. The summed E-state index contributed by atoms with van der Waals surface area (Å²) >= 11 is 0. The van der Waals surface area contributed by atoms with Crippen LogP contribution in [0.2, 0.25) is 0 Å². The van der Waals surface area contributed by atoms with Gasteiger partial charge in [0.1, 0.15) is 0 Å². The lowest BCUT2D eigenvalue weighted by molar-refractivity contribution is 0.100. The number of nitrogens with zero attached hydrogens (tertiary/aromatic N) is 1. The summed E-state index contributed by atoms with van der Waals surface area (Å²) in [5.41, 5.74) is 12.7. The Balaban J connectivity index is 3.22. The molecule has 0 unspecified atom stereocenters. The molecule has 1 aromatic carbocycles. The monoisotopic (exact) mass is 207 g/mol. The van der Waals surface area contributed by atoms with E-state index in [0.717, 1.165) is 5.69 Å². The van der Waals surface area contributed by atoms with Gasteiger partial charge in [-0.25, -0.2) is 0 Å². The molecule has 0 atom stereocenters. The molecular weight excluding hydrogens is 190 g/mol. The number of anilines is 2. The number of carbonyl (C=O) groups excluding carboxylic acids is 1. The number of rotatable bonds is 3. The van der Waals surface area contributed by atoms with Gasteiger partial charge in [0.05, 0.1) is 5.56 Å². The van der Waals surface area contributed by atoms with Crippen molar-refractivity contribution in [2.24, 2.45) is 5.73 Å². The summed E-state index contributed by atoms with van der Waals surface area (Å²) in [7, 11) is 1.92. The summed E-state index contributed by atoms with van der Waals surface area (Å²) in [6.45, 7) is 4.09. The number of amides is 1. The zero-order chi connectivity index (χ0) is 11.6. The topological polar surface area (TPSA) is 72.3 Å². The van der Waals surface area contributed by atoms with E-state index in [1.54, 1.807) is 12.1 Å². The first kappa shape index (κ1) is 11.4. The summed E-state index contributed by atoms with van der Waals surface area (Å²) in [5, 5.41) is 0. The van der Waals surface area contributed by atoms with Crippen molar-refractivity contribution in [2.45, 2.75) is 19.9 Å². The molecule has 1 amide bonds. The second-order valence-electron chi connectivity index (χ2n) is 3.85. The maximum atomic E-state index is 11.2. The van der Waals surface area contributed by atoms with E-state index in [2.05, 4.69) is 0 Å². The van der Waals surface area contributed by atoms with E-state index in [9.17, 15) is 4.79 Å². The lowest BCUT2D eigenvalue weighted by Crippen LogP contribution is -2.28. The summed E-state index contributed by atoms with van der Waals surface area (Å²) in [4.78, 5) is 13.2. The van der Waals surface area contributed by atoms with Gasteiger partial charge in [-0.15, -0.1) is 0 Å². The smallest absolute Gasteiger partial charge is 0.250 e. The van der Waals surface area contributed by atoms with E-state index in [4.69, 9.17) is 11.5 Å². The lowest BCUT2D eigenvalue weighted by atomic mass is 10.1. The summed E-state index contributed by atoms with van der Waals surface area (Å²) in [5.74, 6) is -0.454. The fourth-order valence-electron chi connectivity index (χ4n) is 1.34. The molecule has 15 heavy (non-hydrogen) atoms. The number of hydrogen-bond acceptors (Lipinski definition) is 3. The minimum Gasteiger partial charge on any atom is -0.399 e. The first-order valence-corrected chi connectivity index (χ1v) is 4.85. The fraction of sp³-hybridized carbons (Fsp3) is 0.364. The van der Waals surface area contributed by atoms with Crippen LogP contribution in [-0.2, 0) is 0 Å². The third-order valence-corrected chi connectivity index (χ3v) is 2.44. The Morgan fingerprint density at radius 1 is 1.40 bits per heavy atom. The Morgan fingerprint density at radius 2 is 2.00 bits per heavy atom. The standard InChI is InChI=1S/C11H17N3O/c1-7(2)14(3)10-5-4-8(12)6-9(10)11(13)15/h4-7H,12H2,1-3H3,(H2,13,15). The van der Waals surface area contributed by atoms with Gasteiger partial charge in [-0.05, 0) is 32.0 Å². The molecule has 4 heteroatoms. The highest BCUT2D eigenvalue weighted by atomic mass is 16.1. The van der Waals surface area contributed by atoms with E-state index < -0.39 is 5.91 Å². The molecule has 0 heterocycles. The summed E-state index contributed by atoms with van der Waals surface area (Å²) < 4.78 is 0.